The Morgan fingerprint density at radius 2 is 2.12 bits per heavy atom. The van der Waals surface area contributed by atoms with E-state index in [4.69, 9.17) is 9.84 Å². The highest BCUT2D eigenvalue weighted by Crippen LogP contribution is 2.19. The third kappa shape index (κ3) is 3.70. The summed E-state index contributed by atoms with van der Waals surface area (Å²) in [5.41, 5.74) is 0. The number of hydrogen-bond acceptors (Lipinski definition) is 3. The Morgan fingerprint density at radius 1 is 1.47 bits per heavy atom. The third-order valence-corrected chi connectivity index (χ3v) is 3.30. The molecule has 0 aromatic carbocycles. The van der Waals surface area contributed by atoms with E-state index in [-0.39, 0.29) is 17.9 Å². The first-order chi connectivity index (χ1) is 7.95. The second-order valence-corrected chi connectivity index (χ2v) is 4.72. The standard InChI is InChI=1S/C12H21NO4/c1-4-7(2)10(12(15)16)13-11(14)9-6-5-8(3)17-9/h7-10H,4-6H2,1-3H3,(H,13,14)(H,15,16)/t7-,8?,9?,10-/m0/s1. The molecule has 0 aromatic heterocycles. The van der Waals surface area contributed by atoms with Gasteiger partial charge in [0.1, 0.15) is 12.1 Å². The number of carbonyl (C=O) groups is 2. The summed E-state index contributed by atoms with van der Waals surface area (Å²) in [5, 5.41) is 11.6. The van der Waals surface area contributed by atoms with Crippen molar-refractivity contribution in [3.05, 3.63) is 0 Å². The lowest BCUT2D eigenvalue weighted by Gasteiger charge is -2.22. The molecule has 2 N–H and O–H groups in total. The van der Waals surface area contributed by atoms with Crippen molar-refractivity contribution in [2.24, 2.45) is 5.92 Å². The van der Waals surface area contributed by atoms with E-state index in [1.54, 1.807) is 0 Å². The second-order valence-electron chi connectivity index (χ2n) is 4.72. The summed E-state index contributed by atoms with van der Waals surface area (Å²) in [5.74, 6) is -1.38. The minimum atomic E-state index is -0.987. The minimum Gasteiger partial charge on any atom is -0.480 e. The molecule has 5 nitrogen and oxygen atoms in total. The molecular weight excluding hydrogens is 222 g/mol. The van der Waals surface area contributed by atoms with Crippen molar-refractivity contribution in [2.75, 3.05) is 0 Å². The zero-order chi connectivity index (χ0) is 13.0. The van der Waals surface area contributed by atoms with Crippen LogP contribution < -0.4 is 5.32 Å². The fourth-order valence-electron chi connectivity index (χ4n) is 1.92. The minimum absolute atomic E-state index is 0.0811. The summed E-state index contributed by atoms with van der Waals surface area (Å²) in [7, 11) is 0. The Bertz CT molecular complexity index is 292. The topological polar surface area (TPSA) is 75.6 Å². The Labute approximate surface area is 102 Å². The number of carbonyl (C=O) groups excluding carboxylic acids is 1. The predicted molar refractivity (Wildman–Crippen MR) is 62.6 cm³/mol. The van der Waals surface area contributed by atoms with Crippen LogP contribution in [0.5, 0.6) is 0 Å². The lowest BCUT2D eigenvalue weighted by Crippen LogP contribution is -2.48. The maximum Gasteiger partial charge on any atom is 0.326 e. The Kier molecular flexibility index (Phi) is 4.93. The average molecular weight is 243 g/mol. The van der Waals surface area contributed by atoms with Gasteiger partial charge in [-0.3, -0.25) is 4.79 Å². The molecule has 0 aliphatic carbocycles. The second kappa shape index (κ2) is 6.00. The fraction of sp³-hybridized carbons (Fsp3) is 0.833. The van der Waals surface area contributed by atoms with Crippen molar-refractivity contribution in [1.82, 2.24) is 5.32 Å². The van der Waals surface area contributed by atoms with E-state index in [2.05, 4.69) is 5.32 Å². The molecule has 0 bridgehead atoms. The van der Waals surface area contributed by atoms with Crippen molar-refractivity contribution < 1.29 is 19.4 Å². The molecule has 1 amide bonds. The average Bonchev–Trinajstić information content (AvgIpc) is 2.71. The van der Waals surface area contributed by atoms with Crippen molar-refractivity contribution in [2.45, 2.75) is 58.3 Å². The van der Waals surface area contributed by atoms with Crippen LogP contribution in [0.2, 0.25) is 0 Å². The normalized spacial score (nSPS) is 27.5. The number of rotatable bonds is 5. The van der Waals surface area contributed by atoms with E-state index in [0.717, 1.165) is 6.42 Å². The fourth-order valence-corrected chi connectivity index (χ4v) is 1.92. The Morgan fingerprint density at radius 3 is 2.53 bits per heavy atom. The maximum atomic E-state index is 11.8. The van der Waals surface area contributed by atoms with Gasteiger partial charge >= 0.3 is 5.97 Å². The van der Waals surface area contributed by atoms with Crippen LogP contribution in [0.25, 0.3) is 0 Å². The molecule has 98 valence electrons. The summed E-state index contributed by atoms with van der Waals surface area (Å²) < 4.78 is 5.41. The molecular formula is C12H21NO4. The summed E-state index contributed by atoms with van der Waals surface area (Å²) in [6.45, 7) is 5.63. The number of hydrogen-bond donors (Lipinski definition) is 2. The van der Waals surface area contributed by atoms with E-state index in [1.165, 1.54) is 0 Å². The van der Waals surface area contributed by atoms with E-state index in [1.807, 2.05) is 20.8 Å². The molecule has 1 saturated heterocycles. The lowest BCUT2D eigenvalue weighted by atomic mass is 9.99. The van der Waals surface area contributed by atoms with Crippen LogP contribution in [0, 0.1) is 5.92 Å². The highest BCUT2D eigenvalue weighted by Gasteiger charge is 2.32. The van der Waals surface area contributed by atoms with Crippen LogP contribution in [-0.2, 0) is 14.3 Å². The molecule has 1 rings (SSSR count). The van der Waals surface area contributed by atoms with E-state index >= 15 is 0 Å². The van der Waals surface area contributed by atoms with Gasteiger partial charge in [0.15, 0.2) is 0 Å². The van der Waals surface area contributed by atoms with Gasteiger partial charge in [-0.1, -0.05) is 20.3 Å². The molecule has 0 radical (unpaired) electrons. The Balaban J connectivity index is 2.55. The summed E-state index contributed by atoms with van der Waals surface area (Å²) in [6, 6.07) is -0.827. The molecule has 0 spiro atoms. The van der Waals surface area contributed by atoms with Crippen molar-refractivity contribution >= 4 is 11.9 Å². The lowest BCUT2D eigenvalue weighted by molar-refractivity contribution is -0.145. The number of ether oxygens (including phenoxy) is 1. The summed E-state index contributed by atoms with van der Waals surface area (Å²) in [4.78, 5) is 22.9. The number of amides is 1. The largest absolute Gasteiger partial charge is 0.480 e. The molecule has 1 aliphatic heterocycles. The zero-order valence-corrected chi connectivity index (χ0v) is 10.6. The monoisotopic (exact) mass is 243 g/mol. The number of carboxylic acid groups (broad SMARTS) is 1. The van der Waals surface area contributed by atoms with E-state index in [0.29, 0.717) is 12.8 Å². The van der Waals surface area contributed by atoms with Crippen LogP contribution in [0.4, 0.5) is 0 Å². The van der Waals surface area contributed by atoms with Crippen LogP contribution in [0.3, 0.4) is 0 Å². The number of aliphatic carboxylic acids is 1. The van der Waals surface area contributed by atoms with Gasteiger partial charge in [-0.2, -0.15) is 0 Å². The molecule has 0 saturated carbocycles. The smallest absolute Gasteiger partial charge is 0.326 e. The molecule has 17 heavy (non-hydrogen) atoms. The molecule has 1 heterocycles. The van der Waals surface area contributed by atoms with Gasteiger partial charge in [0.2, 0.25) is 5.91 Å². The molecule has 1 fully saturated rings. The van der Waals surface area contributed by atoms with Crippen LogP contribution >= 0.6 is 0 Å². The van der Waals surface area contributed by atoms with Gasteiger partial charge in [-0.15, -0.1) is 0 Å². The van der Waals surface area contributed by atoms with E-state index in [9.17, 15) is 9.59 Å². The molecule has 4 atom stereocenters. The van der Waals surface area contributed by atoms with Crippen molar-refractivity contribution in [3.8, 4) is 0 Å². The van der Waals surface area contributed by atoms with Crippen LogP contribution in [0.1, 0.15) is 40.0 Å². The van der Waals surface area contributed by atoms with E-state index < -0.39 is 18.1 Å². The van der Waals surface area contributed by atoms with Crippen molar-refractivity contribution in [3.63, 3.8) is 0 Å². The first kappa shape index (κ1) is 14.0. The summed E-state index contributed by atoms with van der Waals surface area (Å²) in [6.07, 6.45) is 1.81. The number of nitrogens with one attached hydrogen (secondary N) is 1. The zero-order valence-electron chi connectivity index (χ0n) is 10.6. The molecule has 1 aliphatic rings. The van der Waals surface area contributed by atoms with Gasteiger partial charge < -0.3 is 15.2 Å². The first-order valence-corrected chi connectivity index (χ1v) is 6.14. The third-order valence-electron chi connectivity index (χ3n) is 3.30. The van der Waals surface area contributed by atoms with Crippen LogP contribution in [0.15, 0.2) is 0 Å². The number of carboxylic acids is 1. The molecule has 5 heteroatoms. The first-order valence-electron chi connectivity index (χ1n) is 6.14. The molecule has 2 unspecified atom stereocenters. The van der Waals surface area contributed by atoms with Crippen LogP contribution in [-0.4, -0.2) is 35.2 Å². The summed E-state index contributed by atoms with van der Waals surface area (Å²) >= 11 is 0. The molecule has 0 aromatic rings. The van der Waals surface area contributed by atoms with Gasteiger partial charge in [0.05, 0.1) is 6.10 Å². The van der Waals surface area contributed by atoms with Gasteiger partial charge in [-0.05, 0) is 25.7 Å². The predicted octanol–water partition coefficient (Wildman–Crippen LogP) is 1.17. The highest BCUT2D eigenvalue weighted by molar-refractivity contribution is 5.86. The highest BCUT2D eigenvalue weighted by atomic mass is 16.5. The van der Waals surface area contributed by atoms with Gasteiger partial charge in [0, 0.05) is 0 Å². The Hall–Kier alpha value is -1.10. The van der Waals surface area contributed by atoms with Gasteiger partial charge in [0.25, 0.3) is 0 Å². The quantitative estimate of drug-likeness (QED) is 0.760. The van der Waals surface area contributed by atoms with Crippen molar-refractivity contribution in [1.29, 1.82) is 0 Å². The van der Waals surface area contributed by atoms with Gasteiger partial charge in [-0.25, -0.2) is 4.79 Å². The SMILES string of the molecule is CC[C@H](C)[C@H](NC(=O)C1CCC(C)O1)C(=O)O. The maximum absolute atomic E-state index is 11.8.